The zero-order valence-electron chi connectivity index (χ0n) is 4.83. The summed E-state index contributed by atoms with van der Waals surface area (Å²) in [7, 11) is 0. The first-order valence-electron chi connectivity index (χ1n) is 1.41. The Balaban J connectivity index is -0.0000000720. The van der Waals surface area contributed by atoms with E-state index in [0.717, 1.165) is 0 Å². The van der Waals surface area contributed by atoms with E-state index in [1.807, 2.05) is 0 Å². The maximum atomic E-state index is 8.78. The molecule has 0 aromatic heterocycles. The molecular weight excluding hydrogens is 130 g/mol. The van der Waals surface area contributed by atoms with E-state index in [9.17, 15) is 0 Å². The van der Waals surface area contributed by atoms with Gasteiger partial charge in [-0.25, -0.2) is 4.79 Å². The molecular formula is C2H9N3O4. The van der Waals surface area contributed by atoms with E-state index < -0.39 is 12.2 Å². The number of carbonyl (C=O) groups is 2. The van der Waals surface area contributed by atoms with Crippen molar-refractivity contribution in [2.24, 2.45) is 11.5 Å². The maximum absolute atomic E-state index is 8.78. The van der Waals surface area contributed by atoms with Gasteiger partial charge in [-0.1, -0.05) is 0 Å². The van der Waals surface area contributed by atoms with E-state index in [2.05, 4.69) is 11.5 Å². The van der Waals surface area contributed by atoms with Crippen molar-refractivity contribution in [2.45, 2.75) is 0 Å². The molecule has 0 fully saturated rings. The van der Waals surface area contributed by atoms with Crippen molar-refractivity contribution in [2.75, 3.05) is 0 Å². The second-order valence-corrected chi connectivity index (χ2v) is 0.657. The Labute approximate surface area is 50.8 Å². The molecule has 56 valence electrons. The summed E-state index contributed by atoms with van der Waals surface area (Å²) in [6, 6.07) is 0. The molecule has 0 bridgehead atoms. The van der Waals surface area contributed by atoms with Crippen LogP contribution in [-0.4, -0.2) is 17.3 Å². The van der Waals surface area contributed by atoms with Crippen molar-refractivity contribution < 1.29 is 19.8 Å². The number of hydrogen-bond donors (Lipinski definition) is 4. The molecule has 0 atom stereocenters. The molecule has 0 saturated carbocycles. The molecule has 0 aromatic rings. The zero-order valence-corrected chi connectivity index (χ0v) is 4.83. The van der Waals surface area contributed by atoms with Gasteiger partial charge in [0.25, 0.3) is 0 Å². The Kier molecular flexibility index (Phi) is 16.9. The predicted molar refractivity (Wildman–Crippen MR) is 27.8 cm³/mol. The van der Waals surface area contributed by atoms with Gasteiger partial charge in [-0.3, -0.25) is 0 Å². The predicted octanol–water partition coefficient (Wildman–Crippen LogP) is -1.71. The number of nitrogens with two attached hydrogens (primary N) is 2. The van der Waals surface area contributed by atoms with Crippen LogP contribution in [0.25, 0.3) is 0 Å². The monoisotopic (exact) mass is 139 g/mol. The van der Waals surface area contributed by atoms with Crippen LogP contribution in [0.4, 0.5) is 9.59 Å². The van der Waals surface area contributed by atoms with Crippen LogP contribution in [0.2, 0.25) is 0 Å². The fourth-order valence-corrected chi connectivity index (χ4v) is 0. The summed E-state index contributed by atoms with van der Waals surface area (Å²) in [5.74, 6) is 0. The third kappa shape index (κ3) is 58.5. The maximum Gasteiger partial charge on any atom is 0.402 e. The van der Waals surface area contributed by atoms with Gasteiger partial charge < -0.3 is 32.6 Å². The molecule has 9 heavy (non-hydrogen) atoms. The van der Waals surface area contributed by atoms with Crippen molar-refractivity contribution in [3.8, 4) is 0 Å². The lowest BCUT2D eigenvalue weighted by Gasteiger charge is -1.78. The van der Waals surface area contributed by atoms with Crippen LogP contribution in [0.1, 0.15) is 0 Å². The summed E-state index contributed by atoms with van der Waals surface area (Å²) in [4.78, 5) is 17.4. The number of rotatable bonds is 0. The van der Waals surface area contributed by atoms with Crippen LogP contribution in [0.5, 0.6) is 0 Å². The number of primary amides is 2. The zero-order chi connectivity index (χ0) is 7.15. The molecule has 0 saturated heterocycles. The smallest absolute Gasteiger partial charge is 0.402 e. The first-order valence-corrected chi connectivity index (χ1v) is 1.41. The molecule has 0 aromatic carbocycles. The van der Waals surface area contributed by atoms with Gasteiger partial charge in [0.15, 0.2) is 0 Å². The SMILES string of the molecule is NC(=O)O.NC(=O)[O-].[NH4+]. The van der Waals surface area contributed by atoms with Crippen molar-refractivity contribution >= 4 is 12.2 Å². The van der Waals surface area contributed by atoms with Gasteiger partial charge in [0.1, 0.15) is 6.09 Å². The molecule has 7 nitrogen and oxygen atoms in total. The van der Waals surface area contributed by atoms with Crippen molar-refractivity contribution in [3.05, 3.63) is 0 Å². The fraction of sp³-hybridized carbons (Fsp3) is 0. The summed E-state index contributed by atoms with van der Waals surface area (Å²) in [6.45, 7) is 0. The number of amides is 2. The van der Waals surface area contributed by atoms with Gasteiger partial charge in [-0.2, -0.15) is 0 Å². The molecule has 0 aliphatic carbocycles. The van der Waals surface area contributed by atoms with Gasteiger partial charge in [0.2, 0.25) is 0 Å². The molecule has 0 rings (SSSR count). The third-order valence-corrected chi connectivity index (χ3v) is 0. The highest BCUT2D eigenvalue weighted by Gasteiger charge is 1.65. The minimum absolute atomic E-state index is 0. The van der Waals surface area contributed by atoms with Crippen LogP contribution in [0.3, 0.4) is 0 Å². The number of quaternary nitrogens is 1. The number of carbonyl (C=O) groups excluding carboxylic acids is 1. The highest BCUT2D eigenvalue weighted by Crippen LogP contribution is 1.34. The van der Waals surface area contributed by atoms with Crippen LogP contribution >= 0.6 is 0 Å². The Bertz CT molecular complexity index is 71.8. The highest BCUT2D eigenvalue weighted by atomic mass is 16.4. The van der Waals surface area contributed by atoms with E-state index in [4.69, 9.17) is 19.8 Å². The van der Waals surface area contributed by atoms with E-state index in [1.54, 1.807) is 0 Å². The lowest BCUT2D eigenvalue weighted by atomic mass is 11.3. The molecule has 0 radical (unpaired) electrons. The van der Waals surface area contributed by atoms with Crippen molar-refractivity contribution in [3.63, 3.8) is 0 Å². The van der Waals surface area contributed by atoms with E-state index in [-0.39, 0.29) is 6.15 Å². The quantitative estimate of drug-likeness (QED) is 0.313. The second-order valence-electron chi connectivity index (χ2n) is 0.657. The number of hydrogen-bond acceptors (Lipinski definition) is 3. The van der Waals surface area contributed by atoms with Crippen LogP contribution in [-0.2, 0) is 0 Å². The highest BCUT2D eigenvalue weighted by molar-refractivity contribution is 5.61. The lowest BCUT2D eigenvalue weighted by Crippen LogP contribution is -2.29. The molecule has 0 unspecified atom stereocenters. The molecule has 0 spiro atoms. The summed E-state index contributed by atoms with van der Waals surface area (Å²) in [5, 5.41) is 15.9. The summed E-state index contributed by atoms with van der Waals surface area (Å²) >= 11 is 0. The van der Waals surface area contributed by atoms with Crippen molar-refractivity contribution in [1.82, 2.24) is 6.15 Å². The summed E-state index contributed by atoms with van der Waals surface area (Å²) in [5.41, 5.74) is 7.94. The van der Waals surface area contributed by atoms with Gasteiger partial charge >= 0.3 is 6.09 Å². The van der Waals surface area contributed by atoms with Crippen molar-refractivity contribution in [1.29, 1.82) is 0 Å². The van der Waals surface area contributed by atoms with Crippen LogP contribution in [0.15, 0.2) is 0 Å². The standard InChI is InChI=1S/2CH3NO2.H3N/c2*2-1(3)4;/h2*2H2,(H,3,4);1H3. The molecule has 0 aliphatic rings. The number of carboxylic acid groups (broad SMARTS) is 2. The molecule has 2 amide bonds. The van der Waals surface area contributed by atoms with E-state index >= 15 is 0 Å². The van der Waals surface area contributed by atoms with Gasteiger partial charge in [-0.15, -0.1) is 0 Å². The Hall–Kier alpha value is -1.50. The normalized spacial score (nSPS) is 5.33. The second kappa shape index (κ2) is 9.71. The largest absolute Gasteiger partial charge is 0.530 e. The topological polar surface area (TPSA) is 166 Å². The minimum Gasteiger partial charge on any atom is -0.530 e. The average Bonchev–Trinajstić information content (AvgIpc) is 1.25. The van der Waals surface area contributed by atoms with Gasteiger partial charge in [0.05, 0.1) is 0 Å². The Morgan fingerprint density at radius 3 is 1.33 bits per heavy atom. The van der Waals surface area contributed by atoms with Crippen LogP contribution in [0, 0.1) is 0 Å². The summed E-state index contributed by atoms with van der Waals surface area (Å²) < 4.78 is 0. The van der Waals surface area contributed by atoms with E-state index in [0.29, 0.717) is 0 Å². The Morgan fingerprint density at radius 2 is 1.33 bits per heavy atom. The fourth-order valence-electron chi connectivity index (χ4n) is 0. The molecule has 0 heterocycles. The first kappa shape index (κ1) is 15.6. The minimum atomic E-state index is -1.58. The molecule has 7 heteroatoms. The average molecular weight is 139 g/mol. The van der Waals surface area contributed by atoms with Crippen LogP contribution < -0.4 is 22.7 Å². The third-order valence-electron chi connectivity index (χ3n) is 0. The van der Waals surface area contributed by atoms with Gasteiger partial charge in [-0.05, 0) is 0 Å². The molecule has 0 aliphatic heterocycles. The van der Waals surface area contributed by atoms with E-state index in [1.165, 1.54) is 0 Å². The summed E-state index contributed by atoms with van der Waals surface area (Å²) in [6.07, 6.45) is -2.92. The molecule has 9 N–H and O–H groups in total. The van der Waals surface area contributed by atoms with Gasteiger partial charge in [0, 0.05) is 0 Å². The lowest BCUT2D eigenvalue weighted by molar-refractivity contribution is -0.245. The first-order chi connectivity index (χ1) is 3.46. The Morgan fingerprint density at radius 1 is 1.33 bits per heavy atom.